The topological polar surface area (TPSA) is 97.1 Å². The minimum atomic E-state index is -3.77. The quantitative estimate of drug-likeness (QED) is 0.562. The summed E-state index contributed by atoms with van der Waals surface area (Å²) in [6.07, 6.45) is 1.34. The third-order valence-electron chi connectivity index (χ3n) is 2.37. The van der Waals surface area contributed by atoms with Crippen molar-refractivity contribution in [1.29, 1.82) is 0 Å². The van der Waals surface area contributed by atoms with Crippen molar-refractivity contribution in [3.8, 4) is 0 Å². The van der Waals surface area contributed by atoms with Crippen LogP contribution in [-0.2, 0) is 10.0 Å². The van der Waals surface area contributed by atoms with Crippen molar-refractivity contribution in [2.75, 3.05) is 10.1 Å². The van der Waals surface area contributed by atoms with Crippen molar-refractivity contribution in [2.45, 2.75) is 4.90 Å². The van der Waals surface area contributed by atoms with Crippen LogP contribution in [0.2, 0.25) is 5.02 Å². The second-order valence-corrected chi connectivity index (χ2v) is 6.76. The summed E-state index contributed by atoms with van der Waals surface area (Å²) >= 11 is 9.23. The van der Waals surface area contributed by atoms with Crippen LogP contribution in [0.5, 0.6) is 0 Å². The van der Waals surface area contributed by atoms with E-state index in [0.29, 0.717) is 0 Å². The summed E-state index contributed by atoms with van der Waals surface area (Å²) in [5.74, 6) is 5.45. The van der Waals surface area contributed by atoms with E-state index in [4.69, 9.17) is 17.4 Å². The molecule has 6 nitrogen and oxygen atoms in total. The molecule has 0 aliphatic heterocycles. The average molecular weight is 378 g/mol. The number of nitrogens with two attached hydrogens (primary N) is 1. The first-order chi connectivity index (χ1) is 9.42. The molecule has 0 fully saturated rings. The monoisotopic (exact) mass is 376 g/mol. The molecule has 1 aromatic heterocycles. The van der Waals surface area contributed by atoms with E-state index in [2.05, 4.69) is 31.1 Å². The summed E-state index contributed by atoms with van der Waals surface area (Å²) in [5.41, 5.74) is 2.57. The lowest BCUT2D eigenvalue weighted by Crippen LogP contribution is -2.15. The lowest BCUT2D eigenvalue weighted by atomic mass is 10.3. The standard InChI is InChI=1S/C11H10BrClN4O2S/c12-7-1-2-10(9(13)5-7)17-20(18,19)8-3-4-15-11(6-8)16-14/h1-6,17H,14H2,(H,15,16). The normalized spacial score (nSPS) is 11.2. The molecular weight excluding hydrogens is 368 g/mol. The van der Waals surface area contributed by atoms with Gasteiger partial charge in [-0.1, -0.05) is 27.5 Å². The predicted molar refractivity (Wildman–Crippen MR) is 82.0 cm³/mol. The Morgan fingerprint density at radius 1 is 1.25 bits per heavy atom. The van der Waals surface area contributed by atoms with E-state index in [1.54, 1.807) is 18.2 Å². The van der Waals surface area contributed by atoms with Gasteiger partial charge in [-0.05, 0) is 24.3 Å². The Kier molecular flexibility index (Phi) is 4.48. The molecule has 0 saturated heterocycles. The van der Waals surface area contributed by atoms with E-state index in [1.807, 2.05) is 0 Å². The smallest absolute Gasteiger partial charge is 0.262 e. The first-order valence-electron chi connectivity index (χ1n) is 5.33. The van der Waals surface area contributed by atoms with Crippen molar-refractivity contribution >= 4 is 49.1 Å². The lowest BCUT2D eigenvalue weighted by Gasteiger charge is -2.10. The molecule has 0 aliphatic rings. The highest BCUT2D eigenvalue weighted by atomic mass is 79.9. The summed E-state index contributed by atoms with van der Waals surface area (Å²) < 4.78 is 27.6. The first-order valence-corrected chi connectivity index (χ1v) is 7.98. The fourth-order valence-corrected chi connectivity index (χ4v) is 3.30. The zero-order valence-corrected chi connectivity index (χ0v) is 13.1. The Bertz CT molecular complexity index is 739. The van der Waals surface area contributed by atoms with Crippen LogP contribution in [0.4, 0.5) is 11.5 Å². The number of pyridine rings is 1. The second-order valence-electron chi connectivity index (χ2n) is 3.75. The van der Waals surface area contributed by atoms with E-state index < -0.39 is 10.0 Å². The number of rotatable bonds is 4. The van der Waals surface area contributed by atoms with Crippen LogP contribution in [-0.4, -0.2) is 13.4 Å². The van der Waals surface area contributed by atoms with Gasteiger partial charge >= 0.3 is 0 Å². The summed E-state index contributed by atoms with van der Waals surface area (Å²) in [5, 5.41) is 0.286. The molecular formula is C11H10BrClN4O2S. The fourth-order valence-electron chi connectivity index (χ4n) is 1.43. The molecule has 0 radical (unpaired) electrons. The van der Waals surface area contributed by atoms with Crippen LogP contribution in [0.15, 0.2) is 45.9 Å². The highest BCUT2D eigenvalue weighted by Crippen LogP contribution is 2.27. The Balaban J connectivity index is 2.35. The van der Waals surface area contributed by atoms with E-state index in [-0.39, 0.29) is 21.4 Å². The van der Waals surface area contributed by atoms with Crippen LogP contribution >= 0.6 is 27.5 Å². The van der Waals surface area contributed by atoms with Crippen molar-refractivity contribution in [3.05, 3.63) is 46.0 Å². The summed E-state index contributed by atoms with van der Waals surface area (Å²) in [4.78, 5) is 3.87. The summed E-state index contributed by atoms with van der Waals surface area (Å²) in [6, 6.07) is 7.51. The SMILES string of the molecule is NNc1cc(S(=O)(=O)Nc2ccc(Br)cc2Cl)ccn1. The molecule has 106 valence electrons. The number of hydrogen-bond donors (Lipinski definition) is 3. The Morgan fingerprint density at radius 2 is 2.00 bits per heavy atom. The molecule has 0 amide bonds. The van der Waals surface area contributed by atoms with Crippen LogP contribution < -0.4 is 16.0 Å². The molecule has 0 saturated carbocycles. The third-order valence-corrected chi connectivity index (χ3v) is 4.53. The number of anilines is 2. The number of nitrogens with zero attached hydrogens (tertiary/aromatic N) is 1. The second kappa shape index (κ2) is 5.96. The molecule has 20 heavy (non-hydrogen) atoms. The minimum absolute atomic E-state index is 0.0273. The van der Waals surface area contributed by atoms with Gasteiger partial charge in [-0.25, -0.2) is 19.2 Å². The van der Waals surface area contributed by atoms with E-state index in [1.165, 1.54) is 18.3 Å². The van der Waals surface area contributed by atoms with E-state index in [0.717, 1.165) is 4.47 Å². The van der Waals surface area contributed by atoms with Gasteiger partial charge in [0.05, 0.1) is 15.6 Å². The Morgan fingerprint density at radius 3 is 2.65 bits per heavy atom. The molecule has 9 heteroatoms. The highest BCUT2D eigenvalue weighted by molar-refractivity contribution is 9.10. The molecule has 1 aromatic carbocycles. The molecule has 2 rings (SSSR count). The zero-order valence-electron chi connectivity index (χ0n) is 9.97. The number of nitrogen functional groups attached to an aromatic ring is 1. The highest BCUT2D eigenvalue weighted by Gasteiger charge is 2.16. The first kappa shape index (κ1) is 15.0. The number of hydrazine groups is 1. The Labute approximate surface area is 129 Å². The van der Waals surface area contributed by atoms with Gasteiger partial charge in [-0.15, -0.1) is 0 Å². The number of sulfonamides is 1. The maximum atomic E-state index is 12.2. The molecule has 0 unspecified atom stereocenters. The molecule has 2 aromatic rings. The largest absolute Gasteiger partial charge is 0.308 e. The van der Waals surface area contributed by atoms with Crippen LogP contribution in [0, 0.1) is 0 Å². The van der Waals surface area contributed by atoms with Gasteiger partial charge in [-0.2, -0.15) is 0 Å². The van der Waals surface area contributed by atoms with Crippen LogP contribution in [0.1, 0.15) is 0 Å². The lowest BCUT2D eigenvalue weighted by molar-refractivity contribution is 0.601. The van der Waals surface area contributed by atoms with Gasteiger partial charge in [0.1, 0.15) is 5.82 Å². The third kappa shape index (κ3) is 3.40. The van der Waals surface area contributed by atoms with E-state index >= 15 is 0 Å². The molecule has 1 heterocycles. The molecule has 0 bridgehead atoms. The van der Waals surface area contributed by atoms with Gasteiger partial charge in [0.25, 0.3) is 10.0 Å². The summed E-state index contributed by atoms with van der Waals surface area (Å²) in [6.45, 7) is 0. The van der Waals surface area contributed by atoms with Crippen LogP contribution in [0.25, 0.3) is 0 Å². The molecule has 4 N–H and O–H groups in total. The predicted octanol–water partition coefficient (Wildman–Crippen LogP) is 2.58. The molecule has 0 spiro atoms. The molecule has 0 aliphatic carbocycles. The number of benzene rings is 1. The number of halogens is 2. The van der Waals surface area contributed by atoms with Crippen LogP contribution in [0.3, 0.4) is 0 Å². The van der Waals surface area contributed by atoms with Crippen molar-refractivity contribution in [1.82, 2.24) is 4.98 Å². The van der Waals surface area contributed by atoms with Crippen molar-refractivity contribution < 1.29 is 8.42 Å². The maximum absolute atomic E-state index is 12.2. The minimum Gasteiger partial charge on any atom is -0.308 e. The number of nitrogens with one attached hydrogen (secondary N) is 2. The Hall–Kier alpha value is -1.35. The number of aromatic nitrogens is 1. The van der Waals surface area contributed by atoms with Gasteiger partial charge in [-0.3, -0.25) is 4.72 Å². The molecule has 0 atom stereocenters. The van der Waals surface area contributed by atoms with Gasteiger partial charge in [0.2, 0.25) is 0 Å². The maximum Gasteiger partial charge on any atom is 0.262 e. The van der Waals surface area contributed by atoms with Crippen molar-refractivity contribution in [2.24, 2.45) is 5.84 Å². The zero-order chi connectivity index (χ0) is 14.8. The fraction of sp³-hybridized carbons (Fsp3) is 0. The van der Waals surface area contributed by atoms with E-state index in [9.17, 15) is 8.42 Å². The average Bonchev–Trinajstić information content (AvgIpc) is 2.42. The number of hydrogen-bond acceptors (Lipinski definition) is 5. The van der Waals surface area contributed by atoms with Crippen molar-refractivity contribution in [3.63, 3.8) is 0 Å². The van der Waals surface area contributed by atoms with Gasteiger partial charge in [0, 0.05) is 16.7 Å². The van der Waals surface area contributed by atoms with Gasteiger partial charge < -0.3 is 5.43 Å². The summed E-state index contributed by atoms with van der Waals surface area (Å²) in [7, 11) is -3.77. The van der Waals surface area contributed by atoms with Gasteiger partial charge in [0.15, 0.2) is 0 Å².